The molecule has 0 radical (unpaired) electrons. The number of methoxy groups -OCH3 is 1. The number of rotatable bonds is 6. The molecule has 16 heteroatoms. The summed E-state index contributed by atoms with van der Waals surface area (Å²) < 4.78 is 29.3. The van der Waals surface area contributed by atoms with E-state index in [1.165, 1.54) is 35.9 Å². The molecule has 1 saturated heterocycles. The van der Waals surface area contributed by atoms with Crippen LogP contribution in [0.2, 0.25) is 0 Å². The molecule has 208 valence electrons. The second-order valence-electron chi connectivity index (χ2n) is 8.91. The number of fused-ring (bicyclic) bond motifs is 2. The minimum atomic E-state index is -3.91. The fourth-order valence-corrected chi connectivity index (χ4v) is 8.00. The smallest absolute Gasteiger partial charge is 0.328 e. The number of nitrogens with two attached hydrogens (primary N) is 2. The van der Waals surface area contributed by atoms with Crippen molar-refractivity contribution in [3.63, 3.8) is 0 Å². The lowest BCUT2D eigenvalue weighted by atomic mass is 9.83. The first-order chi connectivity index (χ1) is 18.9. The summed E-state index contributed by atoms with van der Waals surface area (Å²) >= 11 is 1.78. The van der Waals surface area contributed by atoms with Crippen LogP contribution in [-0.2, 0) is 31.0 Å². The van der Waals surface area contributed by atoms with E-state index in [0.717, 1.165) is 23.1 Å². The standard InChI is InChI=1S/C24H21N5O8S3/c1-37-13-6-2-11(3-7-13)16-17-18(21(32)29(20(17)31)23(25)33)38-22-19(16)39-24(34)28(22)10-15(30)27-12-4-8-14(9-5-12)40(26,35)36/h2-9,16-18H,10H2,1H3,(H2,25,33)(H,27,30)(H2,26,35,36). The van der Waals surface area contributed by atoms with Crippen molar-refractivity contribution in [1.82, 2.24) is 9.47 Å². The van der Waals surface area contributed by atoms with Crippen molar-refractivity contribution in [1.29, 1.82) is 0 Å². The number of ether oxygens (including phenoxy) is 1. The van der Waals surface area contributed by atoms with E-state index in [4.69, 9.17) is 15.6 Å². The van der Waals surface area contributed by atoms with Gasteiger partial charge in [-0.05, 0) is 42.0 Å². The molecule has 5 rings (SSSR count). The van der Waals surface area contributed by atoms with E-state index in [0.29, 0.717) is 26.1 Å². The van der Waals surface area contributed by atoms with Gasteiger partial charge in [0.05, 0.1) is 22.9 Å². The number of benzene rings is 2. The highest BCUT2D eigenvalue weighted by Crippen LogP contribution is 2.53. The van der Waals surface area contributed by atoms with Crippen molar-refractivity contribution >= 4 is 62.6 Å². The van der Waals surface area contributed by atoms with Gasteiger partial charge in [-0.2, -0.15) is 4.90 Å². The number of thiazole rings is 1. The van der Waals surface area contributed by atoms with Gasteiger partial charge in [0.1, 0.15) is 17.5 Å². The third-order valence-electron chi connectivity index (χ3n) is 6.51. The second-order valence-corrected chi connectivity index (χ2v) is 12.6. The summed E-state index contributed by atoms with van der Waals surface area (Å²) in [4.78, 5) is 64.6. The molecule has 0 spiro atoms. The number of carbonyl (C=O) groups excluding carboxylic acids is 4. The Kier molecular flexibility index (Phi) is 7.03. The maximum atomic E-state index is 13.2. The van der Waals surface area contributed by atoms with E-state index >= 15 is 0 Å². The predicted octanol–water partition coefficient (Wildman–Crippen LogP) is 0.874. The average molecular weight is 604 g/mol. The maximum absolute atomic E-state index is 13.2. The number of carbonyl (C=O) groups is 4. The highest BCUT2D eigenvalue weighted by atomic mass is 32.2. The number of likely N-dealkylation sites (tertiary alicyclic amines) is 1. The molecule has 0 saturated carbocycles. The maximum Gasteiger partial charge on any atom is 0.328 e. The Morgan fingerprint density at radius 2 is 1.68 bits per heavy atom. The van der Waals surface area contributed by atoms with Gasteiger partial charge in [-0.15, -0.1) is 0 Å². The number of urea groups is 1. The predicted molar refractivity (Wildman–Crippen MR) is 144 cm³/mol. The van der Waals surface area contributed by atoms with Crippen molar-refractivity contribution < 1.29 is 32.3 Å². The van der Waals surface area contributed by atoms with Crippen molar-refractivity contribution in [3.05, 3.63) is 68.6 Å². The Labute approximate surface area is 235 Å². The zero-order valence-corrected chi connectivity index (χ0v) is 23.0. The highest BCUT2D eigenvalue weighted by molar-refractivity contribution is 8.00. The van der Waals surface area contributed by atoms with Gasteiger partial charge < -0.3 is 15.8 Å². The number of anilines is 1. The van der Waals surface area contributed by atoms with Gasteiger partial charge in [-0.1, -0.05) is 35.2 Å². The molecule has 0 aliphatic carbocycles. The van der Waals surface area contributed by atoms with Gasteiger partial charge in [0.15, 0.2) is 0 Å². The number of primary amides is 1. The summed E-state index contributed by atoms with van der Waals surface area (Å²) in [6.07, 6.45) is 0. The summed E-state index contributed by atoms with van der Waals surface area (Å²) in [5.41, 5.74) is 6.21. The molecule has 1 fully saturated rings. The van der Waals surface area contributed by atoms with Gasteiger partial charge in [-0.25, -0.2) is 18.4 Å². The number of nitrogens with one attached hydrogen (secondary N) is 1. The first-order valence-corrected chi connectivity index (χ1v) is 14.8. The van der Waals surface area contributed by atoms with Crippen LogP contribution in [-0.4, -0.2) is 54.0 Å². The number of thioether (sulfide) groups is 1. The van der Waals surface area contributed by atoms with Gasteiger partial charge in [0.2, 0.25) is 21.8 Å². The summed E-state index contributed by atoms with van der Waals surface area (Å²) in [5, 5.41) is 6.96. The molecule has 0 bridgehead atoms. The molecule has 13 nitrogen and oxygen atoms in total. The summed E-state index contributed by atoms with van der Waals surface area (Å²) in [5.74, 6) is -3.35. The number of sulfonamides is 1. The van der Waals surface area contributed by atoms with Crippen LogP contribution in [0.15, 0.2) is 63.2 Å². The number of imide groups is 3. The zero-order chi connectivity index (χ0) is 28.9. The average Bonchev–Trinajstić information content (AvgIpc) is 3.34. The number of primary sulfonamides is 1. The molecule has 3 aromatic rings. The first kappa shape index (κ1) is 27.6. The molecular formula is C24H21N5O8S3. The van der Waals surface area contributed by atoms with E-state index < -0.39 is 62.3 Å². The third-order valence-corrected chi connectivity index (χ3v) is 10.0. The lowest BCUT2D eigenvalue weighted by Gasteiger charge is -2.30. The minimum Gasteiger partial charge on any atom is -0.497 e. The monoisotopic (exact) mass is 603 g/mol. The molecular weight excluding hydrogens is 582 g/mol. The van der Waals surface area contributed by atoms with Crippen LogP contribution in [0.1, 0.15) is 16.4 Å². The van der Waals surface area contributed by atoms with Crippen molar-refractivity contribution in [2.75, 3.05) is 12.4 Å². The summed E-state index contributed by atoms with van der Waals surface area (Å²) in [6.45, 7) is -0.428. The molecule has 3 unspecified atom stereocenters. The van der Waals surface area contributed by atoms with Crippen molar-refractivity contribution in [3.8, 4) is 5.75 Å². The van der Waals surface area contributed by atoms with E-state index in [2.05, 4.69) is 5.32 Å². The van der Waals surface area contributed by atoms with Gasteiger partial charge in [0, 0.05) is 16.5 Å². The van der Waals surface area contributed by atoms with Gasteiger partial charge >= 0.3 is 10.9 Å². The number of nitrogens with zero attached hydrogens (tertiary/aromatic N) is 2. The lowest BCUT2D eigenvalue weighted by Crippen LogP contribution is -2.41. The van der Waals surface area contributed by atoms with Crippen LogP contribution in [0.25, 0.3) is 0 Å². The molecule has 2 aliphatic heterocycles. The molecule has 40 heavy (non-hydrogen) atoms. The molecule has 2 aromatic carbocycles. The number of hydrogen-bond donors (Lipinski definition) is 3. The highest BCUT2D eigenvalue weighted by Gasteiger charge is 2.57. The van der Waals surface area contributed by atoms with E-state index in [1.54, 1.807) is 24.3 Å². The van der Waals surface area contributed by atoms with Crippen LogP contribution in [0.3, 0.4) is 0 Å². The number of aromatic nitrogens is 1. The van der Waals surface area contributed by atoms with E-state index in [9.17, 15) is 32.4 Å². The first-order valence-electron chi connectivity index (χ1n) is 11.5. The van der Waals surface area contributed by atoms with Gasteiger partial charge in [0.25, 0.3) is 5.91 Å². The normalized spacial score (nSPS) is 20.1. The molecule has 3 atom stereocenters. The minimum absolute atomic E-state index is 0.134. The number of hydrogen-bond acceptors (Lipinski definition) is 10. The quantitative estimate of drug-likeness (QED) is 0.342. The van der Waals surface area contributed by atoms with Crippen LogP contribution in [0.5, 0.6) is 5.75 Å². The van der Waals surface area contributed by atoms with Gasteiger partial charge in [-0.3, -0.25) is 23.7 Å². The SMILES string of the molecule is COc1ccc(C2c3sc(=O)n(CC(=O)Nc4ccc(S(N)(=O)=O)cc4)c3SC3C(=O)N(C(N)=O)C(=O)C32)cc1. The van der Waals surface area contributed by atoms with E-state index in [-0.39, 0.29) is 10.6 Å². The lowest BCUT2D eigenvalue weighted by molar-refractivity contribution is -0.135. The van der Waals surface area contributed by atoms with Crippen LogP contribution < -0.4 is 25.8 Å². The molecule has 5 amide bonds. The Balaban J connectivity index is 1.51. The van der Waals surface area contributed by atoms with Crippen LogP contribution >= 0.6 is 23.1 Å². The molecule has 5 N–H and O–H groups in total. The summed E-state index contributed by atoms with van der Waals surface area (Å²) in [6, 6.07) is 10.7. The Morgan fingerprint density at radius 1 is 1.02 bits per heavy atom. The topological polar surface area (TPSA) is 201 Å². The van der Waals surface area contributed by atoms with Crippen molar-refractivity contribution in [2.24, 2.45) is 16.8 Å². The fraction of sp³-hybridized carbons (Fsp3) is 0.208. The molecule has 2 aliphatic rings. The zero-order valence-electron chi connectivity index (χ0n) is 20.6. The largest absolute Gasteiger partial charge is 0.497 e. The summed E-state index contributed by atoms with van der Waals surface area (Å²) in [7, 11) is -2.42. The Hall–Kier alpha value is -3.99. The van der Waals surface area contributed by atoms with Crippen LogP contribution in [0, 0.1) is 5.92 Å². The van der Waals surface area contributed by atoms with E-state index in [1.807, 2.05) is 0 Å². The molecule has 3 heterocycles. The number of amides is 5. The molecule has 1 aromatic heterocycles. The van der Waals surface area contributed by atoms with Crippen LogP contribution in [0.4, 0.5) is 10.5 Å². The third kappa shape index (κ3) is 4.78. The second kappa shape index (κ2) is 10.2. The fourth-order valence-electron chi connectivity index (χ4n) is 4.71. The van der Waals surface area contributed by atoms with Crippen molar-refractivity contribution in [2.45, 2.75) is 27.6 Å². The Bertz CT molecular complexity index is 1710. The Morgan fingerprint density at radius 3 is 2.25 bits per heavy atom.